The van der Waals surface area contributed by atoms with Crippen molar-refractivity contribution in [3.8, 4) is 0 Å². The summed E-state index contributed by atoms with van der Waals surface area (Å²) in [7, 11) is -1.64. The largest absolute Gasteiger partial charge is 0.315 e. The van der Waals surface area contributed by atoms with Crippen molar-refractivity contribution in [2.75, 3.05) is 19.6 Å². The summed E-state index contributed by atoms with van der Waals surface area (Å²) in [6.07, 6.45) is 4.73. The van der Waals surface area contributed by atoms with Crippen molar-refractivity contribution in [1.82, 2.24) is 24.1 Å². The summed E-state index contributed by atoms with van der Waals surface area (Å²) in [5, 5.41) is 7.43. The number of piperidine rings is 1. The van der Waals surface area contributed by atoms with Crippen LogP contribution in [-0.2, 0) is 23.8 Å². The SMILES string of the molecule is CCNCC1CCCCN1S(=O)(=O)NCc1ccn(C)n1. The van der Waals surface area contributed by atoms with E-state index in [-0.39, 0.29) is 12.6 Å². The second kappa shape index (κ2) is 7.35. The van der Waals surface area contributed by atoms with E-state index in [1.54, 1.807) is 15.2 Å². The molecule has 0 saturated carbocycles. The van der Waals surface area contributed by atoms with Gasteiger partial charge in [-0.2, -0.15) is 22.5 Å². The van der Waals surface area contributed by atoms with Gasteiger partial charge < -0.3 is 5.32 Å². The standard InChI is InChI=1S/C13H25N5O2S/c1-3-14-11-13-6-4-5-8-18(13)21(19,20)15-10-12-7-9-17(2)16-12/h7,9,13-15H,3-6,8,10-11H2,1-2H3. The normalized spacial score (nSPS) is 20.8. The molecule has 1 unspecified atom stereocenters. The van der Waals surface area contributed by atoms with Crippen molar-refractivity contribution in [2.45, 2.75) is 38.8 Å². The van der Waals surface area contributed by atoms with Crippen molar-refractivity contribution in [1.29, 1.82) is 0 Å². The Hall–Kier alpha value is -0.960. The van der Waals surface area contributed by atoms with Crippen molar-refractivity contribution in [2.24, 2.45) is 7.05 Å². The van der Waals surface area contributed by atoms with Crippen LogP contribution in [0, 0.1) is 0 Å². The Bertz CT molecular complexity index is 543. The van der Waals surface area contributed by atoms with Crippen LogP contribution in [-0.4, -0.2) is 48.2 Å². The minimum absolute atomic E-state index is 0.0416. The molecule has 2 heterocycles. The van der Waals surface area contributed by atoms with E-state index in [1.807, 2.05) is 20.0 Å². The van der Waals surface area contributed by atoms with E-state index in [1.165, 1.54) is 0 Å². The van der Waals surface area contributed by atoms with Gasteiger partial charge in [0.05, 0.1) is 12.2 Å². The minimum atomic E-state index is -3.46. The summed E-state index contributed by atoms with van der Waals surface area (Å²) < 4.78 is 30.9. The van der Waals surface area contributed by atoms with Crippen LogP contribution in [0.2, 0.25) is 0 Å². The van der Waals surface area contributed by atoms with Crippen LogP contribution < -0.4 is 10.0 Å². The summed E-state index contributed by atoms with van der Waals surface area (Å²) in [5.74, 6) is 0. The van der Waals surface area contributed by atoms with E-state index in [0.29, 0.717) is 13.1 Å². The molecule has 7 nitrogen and oxygen atoms in total. The van der Waals surface area contributed by atoms with Crippen molar-refractivity contribution in [3.63, 3.8) is 0 Å². The average molecular weight is 315 g/mol. The lowest BCUT2D eigenvalue weighted by atomic mass is 10.1. The van der Waals surface area contributed by atoms with Gasteiger partial charge in [-0.1, -0.05) is 13.3 Å². The highest BCUT2D eigenvalue weighted by Gasteiger charge is 2.31. The smallest absolute Gasteiger partial charge is 0.280 e. The van der Waals surface area contributed by atoms with E-state index in [0.717, 1.165) is 31.5 Å². The maximum Gasteiger partial charge on any atom is 0.280 e. The maximum atomic E-state index is 12.5. The summed E-state index contributed by atoms with van der Waals surface area (Å²) in [4.78, 5) is 0. The van der Waals surface area contributed by atoms with Gasteiger partial charge in [0.15, 0.2) is 0 Å². The first-order valence-electron chi connectivity index (χ1n) is 7.48. The first-order valence-corrected chi connectivity index (χ1v) is 8.92. The highest BCUT2D eigenvalue weighted by Crippen LogP contribution is 2.19. The van der Waals surface area contributed by atoms with Crippen LogP contribution in [0.3, 0.4) is 0 Å². The van der Waals surface area contributed by atoms with Crippen LogP contribution in [0.1, 0.15) is 31.9 Å². The Morgan fingerprint density at radius 1 is 1.43 bits per heavy atom. The molecule has 1 saturated heterocycles. The molecule has 2 rings (SSSR count). The van der Waals surface area contributed by atoms with Gasteiger partial charge >= 0.3 is 0 Å². The van der Waals surface area contributed by atoms with Crippen molar-refractivity contribution >= 4 is 10.2 Å². The lowest BCUT2D eigenvalue weighted by molar-refractivity contribution is 0.243. The van der Waals surface area contributed by atoms with Gasteiger partial charge in [0.25, 0.3) is 10.2 Å². The van der Waals surface area contributed by atoms with Gasteiger partial charge in [-0.3, -0.25) is 4.68 Å². The van der Waals surface area contributed by atoms with E-state index in [9.17, 15) is 8.42 Å². The molecule has 120 valence electrons. The summed E-state index contributed by atoms with van der Waals surface area (Å²) in [5.41, 5.74) is 0.723. The monoisotopic (exact) mass is 315 g/mol. The zero-order valence-electron chi connectivity index (χ0n) is 12.7. The fourth-order valence-corrected chi connectivity index (χ4v) is 4.05. The predicted molar refractivity (Wildman–Crippen MR) is 81.9 cm³/mol. The molecular formula is C13H25N5O2S. The first-order chi connectivity index (χ1) is 10.0. The fourth-order valence-electron chi connectivity index (χ4n) is 2.61. The number of hydrogen-bond acceptors (Lipinski definition) is 4. The molecule has 1 aliphatic heterocycles. The quantitative estimate of drug-likeness (QED) is 0.754. The van der Waals surface area contributed by atoms with Gasteiger partial charge in [0.2, 0.25) is 0 Å². The Balaban J connectivity index is 1.98. The lowest BCUT2D eigenvalue weighted by Crippen LogP contribution is -2.52. The molecule has 0 aromatic carbocycles. The average Bonchev–Trinajstić information content (AvgIpc) is 2.89. The van der Waals surface area contributed by atoms with Crippen LogP contribution in [0.25, 0.3) is 0 Å². The molecule has 1 aromatic heterocycles. The Labute approximate surface area is 126 Å². The molecule has 0 bridgehead atoms. The fraction of sp³-hybridized carbons (Fsp3) is 0.769. The van der Waals surface area contributed by atoms with Crippen LogP contribution >= 0.6 is 0 Å². The topological polar surface area (TPSA) is 79.3 Å². The number of nitrogens with one attached hydrogen (secondary N) is 2. The Morgan fingerprint density at radius 2 is 2.24 bits per heavy atom. The summed E-state index contributed by atoms with van der Waals surface area (Å²) >= 11 is 0. The Kier molecular flexibility index (Phi) is 5.74. The summed E-state index contributed by atoms with van der Waals surface area (Å²) in [6, 6.07) is 1.86. The highest BCUT2D eigenvalue weighted by atomic mass is 32.2. The lowest BCUT2D eigenvalue weighted by Gasteiger charge is -2.34. The maximum absolute atomic E-state index is 12.5. The number of rotatable bonds is 7. The number of likely N-dealkylation sites (N-methyl/N-ethyl adjacent to an activating group) is 1. The number of hydrogen-bond donors (Lipinski definition) is 2. The van der Waals surface area contributed by atoms with Crippen molar-refractivity contribution < 1.29 is 8.42 Å². The van der Waals surface area contributed by atoms with E-state index < -0.39 is 10.2 Å². The van der Waals surface area contributed by atoms with Crippen LogP contribution in [0.15, 0.2) is 12.3 Å². The molecule has 0 spiro atoms. The molecular weight excluding hydrogens is 290 g/mol. The summed E-state index contributed by atoms with van der Waals surface area (Å²) in [6.45, 7) is 4.41. The second-order valence-corrected chi connectivity index (χ2v) is 7.08. The van der Waals surface area contributed by atoms with Gasteiger partial charge in [0.1, 0.15) is 0 Å². The van der Waals surface area contributed by atoms with Gasteiger partial charge in [-0.15, -0.1) is 0 Å². The van der Waals surface area contributed by atoms with E-state index in [2.05, 4.69) is 15.1 Å². The van der Waals surface area contributed by atoms with Gasteiger partial charge in [0, 0.05) is 32.4 Å². The number of aryl methyl sites for hydroxylation is 1. The van der Waals surface area contributed by atoms with E-state index >= 15 is 0 Å². The zero-order valence-corrected chi connectivity index (χ0v) is 13.6. The molecule has 1 fully saturated rings. The molecule has 1 aliphatic rings. The molecule has 0 amide bonds. The molecule has 21 heavy (non-hydrogen) atoms. The third kappa shape index (κ3) is 4.50. The molecule has 8 heteroatoms. The van der Waals surface area contributed by atoms with E-state index in [4.69, 9.17) is 0 Å². The third-order valence-corrected chi connectivity index (χ3v) is 5.32. The Morgan fingerprint density at radius 3 is 2.90 bits per heavy atom. The molecule has 0 radical (unpaired) electrons. The van der Waals surface area contributed by atoms with Gasteiger partial charge in [-0.05, 0) is 25.5 Å². The van der Waals surface area contributed by atoms with Crippen molar-refractivity contribution in [3.05, 3.63) is 18.0 Å². The van der Waals surface area contributed by atoms with Crippen LogP contribution in [0.4, 0.5) is 0 Å². The second-order valence-electron chi connectivity index (χ2n) is 5.37. The number of nitrogens with zero attached hydrogens (tertiary/aromatic N) is 3. The first kappa shape index (κ1) is 16.4. The predicted octanol–water partition coefficient (Wildman–Crippen LogP) is 0.219. The number of aromatic nitrogens is 2. The zero-order chi connectivity index (χ0) is 15.3. The third-order valence-electron chi connectivity index (χ3n) is 3.72. The highest BCUT2D eigenvalue weighted by molar-refractivity contribution is 7.87. The molecule has 1 aromatic rings. The minimum Gasteiger partial charge on any atom is -0.315 e. The van der Waals surface area contributed by atoms with Crippen LogP contribution in [0.5, 0.6) is 0 Å². The van der Waals surface area contributed by atoms with Gasteiger partial charge in [-0.25, -0.2) is 0 Å². The molecule has 0 aliphatic carbocycles. The molecule has 2 N–H and O–H groups in total. The molecule has 1 atom stereocenters.